The first kappa shape index (κ1) is 16.2. The molecule has 1 spiro atoms. The van der Waals surface area contributed by atoms with Crippen molar-refractivity contribution in [1.82, 2.24) is 9.80 Å². The molecule has 3 heterocycles. The van der Waals surface area contributed by atoms with Crippen LogP contribution in [0.25, 0.3) is 0 Å². The summed E-state index contributed by atoms with van der Waals surface area (Å²) in [7, 11) is 1.58. The Hall–Kier alpha value is -0.650. The van der Waals surface area contributed by atoms with E-state index in [-0.39, 0.29) is 18.1 Å². The number of carbonyl (C=O) groups excluding carboxylic acids is 1. The lowest BCUT2D eigenvalue weighted by molar-refractivity contribution is -0.152. The van der Waals surface area contributed by atoms with Crippen LogP contribution in [0.2, 0.25) is 0 Å². The number of methoxy groups -OCH3 is 1. The van der Waals surface area contributed by atoms with Gasteiger partial charge in [0, 0.05) is 32.8 Å². The molecule has 1 atom stereocenters. The van der Waals surface area contributed by atoms with E-state index in [1.165, 1.54) is 38.8 Å². The largest absolute Gasteiger partial charge is 0.375 e. The third kappa shape index (κ3) is 3.63. The predicted molar refractivity (Wildman–Crippen MR) is 84.8 cm³/mol. The van der Waals surface area contributed by atoms with Gasteiger partial charge in [-0.15, -0.1) is 0 Å². The summed E-state index contributed by atoms with van der Waals surface area (Å²) in [6.07, 6.45) is 8.38. The van der Waals surface area contributed by atoms with E-state index in [4.69, 9.17) is 9.47 Å². The van der Waals surface area contributed by atoms with Crippen LogP contribution < -0.4 is 0 Å². The van der Waals surface area contributed by atoms with Gasteiger partial charge in [0.2, 0.25) is 5.91 Å². The fourth-order valence-corrected chi connectivity index (χ4v) is 4.32. The second kappa shape index (κ2) is 7.28. The van der Waals surface area contributed by atoms with Crippen LogP contribution in [0.15, 0.2) is 0 Å². The van der Waals surface area contributed by atoms with E-state index < -0.39 is 0 Å². The van der Waals surface area contributed by atoms with E-state index in [1.54, 1.807) is 7.11 Å². The summed E-state index contributed by atoms with van der Waals surface area (Å²) in [5.41, 5.74) is 0.0181. The Bertz CT molecular complexity index is 374. The van der Waals surface area contributed by atoms with Crippen LogP contribution in [0.3, 0.4) is 0 Å². The van der Waals surface area contributed by atoms with Crippen LogP contribution in [0.5, 0.6) is 0 Å². The molecule has 1 amide bonds. The van der Waals surface area contributed by atoms with E-state index in [9.17, 15) is 4.79 Å². The lowest BCUT2D eigenvalue weighted by Crippen LogP contribution is -2.55. The summed E-state index contributed by atoms with van der Waals surface area (Å²) in [5, 5.41) is 0. The van der Waals surface area contributed by atoms with Crippen LogP contribution in [-0.2, 0) is 14.3 Å². The molecule has 0 aliphatic carbocycles. The van der Waals surface area contributed by atoms with Gasteiger partial charge < -0.3 is 19.3 Å². The molecule has 3 aliphatic rings. The molecule has 126 valence electrons. The maximum Gasteiger partial charge on any atom is 0.248 e. The molecule has 0 radical (unpaired) electrons. The molecule has 22 heavy (non-hydrogen) atoms. The first-order valence-corrected chi connectivity index (χ1v) is 8.87. The van der Waals surface area contributed by atoms with Gasteiger partial charge >= 0.3 is 0 Å². The number of hydrogen-bond acceptors (Lipinski definition) is 4. The first-order valence-electron chi connectivity index (χ1n) is 8.87. The summed E-state index contributed by atoms with van der Waals surface area (Å²) in [4.78, 5) is 16.6. The monoisotopic (exact) mass is 310 g/mol. The van der Waals surface area contributed by atoms with Crippen molar-refractivity contribution < 1.29 is 14.3 Å². The molecule has 5 nitrogen and oxygen atoms in total. The number of rotatable bonds is 3. The average Bonchev–Trinajstić information content (AvgIpc) is 2.57. The molecule has 3 saturated heterocycles. The number of nitrogens with zero attached hydrogens (tertiary/aromatic N) is 2. The number of hydrogen-bond donors (Lipinski definition) is 0. The summed E-state index contributed by atoms with van der Waals surface area (Å²) in [6.45, 7) is 5.24. The van der Waals surface area contributed by atoms with Crippen LogP contribution in [0.4, 0.5) is 0 Å². The molecule has 0 aromatic carbocycles. The van der Waals surface area contributed by atoms with Crippen LogP contribution in [-0.4, -0.2) is 73.9 Å². The molecule has 3 aliphatic heterocycles. The highest BCUT2D eigenvalue weighted by Crippen LogP contribution is 2.37. The Morgan fingerprint density at radius 3 is 2.59 bits per heavy atom. The molecular formula is C17H30N2O3. The second-order valence-corrected chi connectivity index (χ2v) is 7.09. The van der Waals surface area contributed by atoms with Crippen molar-refractivity contribution in [3.63, 3.8) is 0 Å². The minimum atomic E-state index is 0.0181. The average molecular weight is 310 g/mol. The maximum absolute atomic E-state index is 11.9. The SMILES string of the molecule is COCC(=O)N1CCC2(CC1)CC(N1CCCCC1)CCO2. The number of carbonyl (C=O) groups is 1. The maximum atomic E-state index is 11.9. The first-order chi connectivity index (χ1) is 10.7. The molecule has 5 heteroatoms. The zero-order valence-electron chi connectivity index (χ0n) is 13.9. The Kier molecular flexibility index (Phi) is 5.37. The highest BCUT2D eigenvalue weighted by atomic mass is 16.5. The van der Waals surface area contributed by atoms with Crippen molar-refractivity contribution in [3.8, 4) is 0 Å². The van der Waals surface area contributed by atoms with Crippen molar-refractivity contribution >= 4 is 5.91 Å². The molecular weight excluding hydrogens is 280 g/mol. The van der Waals surface area contributed by atoms with Gasteiger partial charge in [0.15, 0.2) is 0 Å². The highest BCUT2D eigenvalue weighted by Gasteiger charge is 2.42. The fourth-order valence-electron chi connectivity index (χ4n) is 4.32. The molecule has 0 bridgehead atoms. The zero-order chi connectivity index (χ0) is 15.4. The van der Waals surface area contributed by atoms with Crippen LogP contribution in [0, 0.1) is 0 Å². The Morgan fingerprint density at radius 1 is 1.18 bits per heavy atom. The molecule has 0 aromatic heterocycles. The topological polar surface area (TPSA) is 42.0 Å². The fraction of sp³-hybridized carbons (Fsp3) is 0.941. The minimum Gasteiger partial charge on any atom is -0.375 e. The van der Waals surface area contributed by atoms with Crippen LogP contribution >= 0.6 is 0 Å². The lowest BCUT2D eigenvalue weighted by atomic mass is 9.81. The van der Waals surface area contributed by atoms with Crippen LogP contribution in [0.1, 0.15) is 44.9 Å². The number of piperidine rings is 2. The molecule has 3 fully saturated rings. The van der Waals surface area contributed by atoms with Crippen molar-refractivity contribution in [2.24, 2.45) is 0 Å². The standard InChI is InChI=1S/C17H30N2O3/c1-21-14-16(20)19-10-6-17(7-11-19)13-15(5-12-22-17)18-8-3-2-4-9-18/h15H,2-14H2,1H3. The Morgan fingerprint density at radius 2 is 1.91 bits per heavy atom. The second-order valence-electron chi connectivity index (χ2n) is 7.09. The third-order valence-corrected chi connectivity index (χ3v) is 5.67. The van der Waals surface area contributed by atoms with E-state index in [0.29, 0.717) is 6.04 Å². The Balaban J connectivity index is 1.54. The van der Waals surface area contributed by atoms with Gasteiger partial charge in [-0.05, 0) is 51.6 Å². The minimum absolute atomic E-state index is 0.0181. The summed E-state index contributed by atoms with van der Waals surface area (Å²) in [6, 6.07) is 0.690. The van der Waals surface area contributed by atoms with Crippen molar-refractivity contribution in [2.75, 3.05) is 46.5 Å². The highest BCUT2D eigenvalue weighted by molar-refractivity contribution is 5.77. The zero-order valence-corrected chi connectivity index (χ0v) is 13.9. The normalized spacial score (nSPS) is 29.7. The summed E-state index contributed by atoms with van der Waals surface area (Å²) in [5.74, 6) is 0.112. The molecule has 0 saturated carbocycles. The third-order valence-electron chi connectivity index (χ3n) is 5.67. The summed E-state index contributed by atoms with van der Waals surface area (Å²) >= 11 is 0. The summed E-state index contributed by atoms with van der Waals surface area (Å²) < 4.78 is 11.2. The molecule has 0 aromatic rings. The van der Waals surface area contributed by atoms with Gasteiger partial charge in [-0.3, -0.25) is 4.79 Å². The van der Waals surface area contributed by atoms with Crippen molar-refractivity contribution in [3.05, 3.63) is 0 Å². The van der Waals surface area contributed by atoms with E-state index in [1.807, 2.05) is 4.90 Å². The number of amides is 1. The smallest absolute Gasteiger partial charge is 0.248 e. The van der Waals surface area contributed by atoms with E-state index >= 15 is 0 Å². The predicted octanol–water partition coefficient (Wildman–Crippen LogP) is 1.66. The van der Waals surface area contributed by atoms with Gasteiger partial charge in [0.1, 0.15) is 6.61 Å². The van der Waals surface area contributed by atoms with Crippen molar-refractivity contribution in [2.45, 2.75) is 56.6 Å². The molecule has 3 rings (SSSR count). The van der Waals surface area contributed by atoms with Gasteiger partial charge in [-0.25, -0.2) is 0 Å². The van der Waals surface area contributed by atoms with Gasteiger partial charge in [-0.2, -0.15) is 0 Å². The molecule has 0 N–H and O–H groups in total. The number of ether oxygens (including phenoxy) is 2. The van der Waals surface area contributed by atoms with Gasteiger partial charge in [0.05, 0.1) is 5.60 Å². The molecule has 1 unspecified atom stereocenters. The van der Waals surface area contributed by atoms with E-state index in [2.05, 4.69) is 4.90 Å². The van der Waals surface area contributed by atoms with Gasteiger partial charge in [0.25, 0.3) is 0 Å². The van der Waals surface area contributed by atoms with Crippen molar-refractivity contribution in [1.29, 1.82) is 0 Å². The quantitative estimate of drug-likeness (QED) is 0.795. The van der Waals surface area contributed by atoms with E-state index in [0.717, 1.165) is 39.0 Å². The Labute approximate surface area is 133 Å². The number of likely N-dealkylation sites (tertiary alicyclic amines) is 2. The lowest BCUT2D eigenvalue weighted by Gasteiger charge is -2.49. The van der Waals surface area contributed by atoms with Gasteiger partial charge in [-0.1, -0.05) is 6.42 Å².